The van der Waals surface area contributed by atoms with Crippen molar-refractivity contribution in [3.8, 4) is 23.0 Å². The van der Waals surface area contributed by atoms with Gasteiger partial charge in [0.2, 0.25) is 0 Å². The van der Waals surface area contributed by atoms with E-state index in [4.69, 9.17) is 0 Å². The number of benzene rings is 1. The summed E-state index contributed by atoms with van der Waals surface area (Å²) in [7, 11) is 2.04. The average molecular weight is 329 g/mol. The minimum Gasteiger partial charge on any atom is -0.378 e. The predicted octanol–water partition coefficient (Wildman–Crippen LogP) is 3.84. The second-order valence-corrected chi connectivity index (χ2v) is 6.80. The molecule has 0 aliphatic carbocycles. The molecule has 3 heterocycles. The maximum atomic E-state index is 10.0. The Balaban J connectivity index is 1.97. The molecule has 25 heavy (non-hydrogen) atoms. The number of hydrogen-bond acceptors (Lipinski definition) is 2. The zero-order chi connectivity index (χ0) is 17.6. The van der Waals surface area contributed by atoms with E-state index in [9.17, 15) is 5.11 Å². The molecule has 1 aromatic carbocycles. The van der Waals surface area contributed by atoms with Gasteiger partial charge in [-0.2, -0.15) is 0 Å². The minimum atomic E-state index is -1.05. The van der Waals surface area contributed by atoms with Crippen molar-refractivity contribution in [2.75, 3.05) is 0 Å². The summed E-state index contributed by atoms with van der Waals surface area (Å²) in [5.41, 5.74) is 3.84. The van der Waals surface area contributed by atoms with E-state index in [1.807, 2.05) is 25.5 Å². The highest BCUT2D eigenvalue weighted by atomic mass is 16.3. The molecule has 0 aliphatic rings. The van der Waals surface area contributed by atoms with Gasteiger partial charge in [-0.05, 0) is 43.7 Å². The van der Waals surface area contributed by atoms with Gasteiger partial charge < -0.3 is 14.7 Å². The molecule has 0 amide bonds. The normalized spacial score (nSPS) is 11.7. The zero-order valence-corrected chi connectivity index (χ0v) is 14.5. The van der Waals surface area contributed by atoms with Crippen molar-refractivity contribution in [1.29, 1.82) is 0 Å². The van der Waals surface area contributed by atoms with E-state index in [2.05, 4.69) is 56.8 Å². The molecule has 0 radical (unpaired) electrons. The Morgan fingerprint density at radius 3 is 2.84 bits per heavy atom. The highest BCUT2D eigenvalue weighted by Gasteiger charge is 2.13. The van der Waals surface area contributed by atoms with Crippen LogP contribution in [0.4, 0.5) is 0 Å². The van der Waals surface area contributed by atoms with E-state index >= 15 is 0 Å². The Hall–Kier alpha value is -3.03. The Kier molecular flexibility index (Phi) is 3.41. The SMILES string of the molecule is Cn1ccc2cc(-c3cnc4[nH]ccc4c3C#CC(C)(C)O)ccc21. The molecule has 2 N–H and O–H groups in total. The lowest BCUT2D eigenvalue weighted by molar-refractivity contribution is 0.143. The number of H-pyrrole nitrogens is 1. The fourth-order valence-corrected chi connectivity index (χ4v) is 3.03. The Labute approximate surface area is 146 Å². The van der Waals surface area contributed by atoms with E-state index in [1.54, 1.807) is 13.8 Å². The standard InChI is InChI=1S/C21H19N3O/c1-21(2,25)9-6-16-17-7-10-22-20(17)23-13-18(16)14-4-5-19-15(12-14)8-11-24(19)3/h4-5,7-8,10-13,25H,1-3H3,(H,22,23). The number of nitrogens with one attached hydrogen (secondary N) is 1. The molecule has 0 saturated heterocycles. The van der Waals surface area contributed by atoms with Crippen LogP contribution in [0.2, 0.25) is 0 Å². The molecular formula is C21H19N3O. The average Bonchev–Trinajstić information content (AvgIpc) is 3.18. The fraction of sp³-hybridized carbons (Fsp3) is 0.190. The summed E-state index contributed by atoms with van der Waals surface area (Å²) in [4.78, 5) is 7.64. The van der Waals surface area contributed by atoms with Crippen LogP contribution in [0.25, 0.3) is 33.1 Å². The lowest BCUT2D eigenvalue weighted by Crippen LogP contribution is -2.14. The molecule has 0 unspecified atom stereocenters. The molecule has 3 aromatic heterocycles. The summed E-state index contributed by atoms with van der Waals surface area (Å²) in [5, 5.41) is 12.1. The van der Waals surface area contributed by atoms with Gasteiger partial charge in [0, 0.05) is 53.1 Å². The number of fused-ring (bicyclic) bond motifs is 2. The summed E-state index contributed by atoms with van der Waals surface area (Å²) in [5.74, 6) is 6.10. The first-order valence-corrected chi connectivity index (χ1v) is 8.19. The van der Waals surface area contributed by atoms with E-state index in [-0.39, 0.29) is 0 Å². The monoisotopic (exact) mass is 329 g/mol. The van der Waals surface area contributed by atoms with Crippen molar-refractivity contribution >= 4 is 21.9 Å². The van der Waals surface area contributed by atoms with Crippen molar-refractivity contribution in [2.45, 2.75) is 19.4 Å². The summed E-state index contributed by atoms with van der Waals surface area (Å²) >= 11 is 0. The maximum Gasteiger partial charge on any atom is 0.138 e. The maximum absolute atomic E-state index is 10.0. The van der Waals surface area contributed by atoms with Crippen molar-refractivity contribution in [2.24, 2.45) is 7.05 Å². The Morgan fingerprint density at radius 2 is 2.04 bits per heavy atom. The van der Waals surface area contributed by atoms with Crippen LogP contribution in [0.5, 0.6) is 0 Å². The first-order chi connectivity index (χ1) is 11.9. The number of rotatable bonds is 1. The number of hydrogen-bond donors (Lipinski definition) is 2. The number of aliphatic hydroxyl groups is 1. The summed E-state index contributed by atoms with van der Waals surface area (Å²) in [6, 6.07) is 10.4. The largest absolute Gasteiger partial charge is 0.378 e. The third-order valence-corrected chi connectivity index (χ3v) is 4.28. The molecular weight excluding hydrogens is 310 g/mol. The van der Waals surface area contributed by atoms with Gasteiger partial charge in [-0.15, -0.1) is 0 Å². The molecule has 0 aliphatic heterocycles. The Bertz CT molecular complexity index is 1150. The van der Waals surface area contributed by atoms with Crippen LogP contribution in [-0.4, -0.2) is 25.2 Å². The minimum absolute atomic E-state index is 0.796. The van der Waals surface area contributed by atoms with Gasteiger partial charge in [-0.25, -0.2) is 4.98 Å². The number of aryl methyl sites for hydroxylation is 1. The highest BCUT2D eigenvalue weighted by molar-refractivity contribution is 5.93. The van der Waals surface area contributed by atoms with Gasteiger partial charge in [-0.1, -0.05) is 17.9 Å². The number of aromatic amines is 1. The number of pyridine rings is 1. The van der Waals surface area contributed by atoms with Crippen molar-refractivity contribution in [3.63, 3.8) is 0 Å². The first-order valence-electron chi connectivity index (χ1n) is 8.19. The Morgan fingerprint density at radius 1 is 1.20 bits per heavy atom. The van der Waals surface area contributed by atoms with Crippen LogP contribution in [0, 0.1) is 11.8 Å². The van der Waals surface area contributed by atoms with Crippen LogP contribution in [0.1, 0.15) is 19.4 Å². The van der Waals surface area contributed by atoms with Crippen LogP contribution in [0.15, 0.2) is 48.9 Å². The van der Waals surface area contributed by atoms with Gasteiger partial charge in [0.15, 0.2) is 0 Å². The van der Waals surface area contributed by atoms with Gasteiger partial charge >= 0.3 is 0 Å². The van der Waals surface area contributed by atoms with E-state index < -0.39 is 5.60 Å². The molecule has 0 saturated carbocycles. The zero-order valence-electron chi connectivity index (χ0n) is 14.5. The molecule has 4 rings (SSSR count). The smallest absolute Gasteiger partial charge is 0.138 e. The van der Waals surface area contributed by atoms with E-state index in [1.165, 1.54) is 10.9 Å². The van der Waals surface area contributed by atoms with Crippen LogP contribution >= 0.6 is 0 Å². The topological polar surface area (TPSA) is 53.8 Å². The third-order valence-electron chi connectivity index (χ3n) is 4.28. The van der Waals surface area contributed by atoms with Crippen LogP contribution in [-0.2, 0) is 7.05 Å². The molecule has 0 spiro atoms. The number of nitrogens with zero attached hydrogens (tertiary/aromatic N) is 2. The number of aromatic nitrogens is 3. The molecule has 4 heteroatoms. The lowest BCUT2D eigenvalue weighted by Gasteiger charge is -2.09. The van der Waals surface area contributed by atoms with Gasteiger partial charge in [0.1, 0.15) is 11.2 Å². The highest BCUT2D eigenvalue weighted by Crippen LogP contribution is 2.30. The second-order valence-electron chi connectivity index (χ2n) is 6.80. The molecule has 0 fully saturated rings. The van der Waals surface area contributed by atoms with Crippen molar-refractivity contribution < 1.29 is 5.11 Å². The summed E-state index contributed by atoms with van der Waals surface area (Å²) in [6.45, 7) is 3.37. The molecule has 0 atom stereocenters. The molecule has 4 aromatic rings. The quantitative estimate of drug-likeness (QED) is 0.521. The van der Waals surface area contributed by atoms with Gasteiger partial charge in [0.05, 0.1) is 0 Å². The van der Waals surface area contributed by atoms with E-state index in [0.717, 1.165) is 27.7 Å². The van der Waals surface area contributed by atoms with Crippen molar-refractivity contribution in [3.05, 3.63) is 54.5 Å². The molecule has 4 nitrogen and oxygen atoms in total. The fourth-order valence-electron chi connectivity index (χ4n) is 3.03. The molecule has 124 valence electrons. The van der Waals surface area contributed by atoms with Gasteiger partial charge in [-0.3, -0.25) is 0 Å². The third kappa shape index (κ3) is 2.79. The van der Waals surface area contributed by atoms with E-state index in [0.29, 0.717) is 0 Å². The summed E-state index contributed by atoms with van der Waals surface area (Å²) in [6.07, 6.45) is 5.76. The van der Waals surface area contributed by atoms with Gasteiger partial charge in [0.25, 0.3) is 0 Å². The van der Waals surface area contributed by atoms with Crippen LogP contribution in [0.3, 0.4) is 0 Å². The lowest BCUT2D eigenvalue weighted by atomic mass is 9.98. The van der Waals surface area contributed by atoms with Crippen molar-refractivity contribution in [1.82, 2.24) is 14.5 Å². The van der Waals surface area contributed by atoms with Crippen LogP contribution < -0.4 is 0 Å². The summed E-state index contributed by atoms with van der Waals surface area (Å²) < 4.78 is 2.10. The predicted molar refractivity (Wildman–Crippen MR) is 101 cm³/mol. The molecule has 0 bridgehead atoms. The second kappa shape index (κ2) is 5.51. The first kappa shape index (κ1) is 15.5.